The Morgan fingerprint density at radius 3 is 2.89 bits per heavy atom. The number of ether oxygens (including phenoxy) is 1. The molecule has 0 amide bonds. The summed E-state index contributed by atoms with van der Waals surface area (Å²) in [5.41, 5.74) is 1.28. The Morgan fingerprint density at radius 2 is 2.22 bits per heavy atom. The molecule has 2 rings (SSSR count). The van der Waals surface area contributed by atoms with Gasteiger partial charge < -0.3 is 9.64 Å². The second-order valence-electron chi connectivity index (χ2n) is 5.10. The van der Waals surface area contributed by atoms with Gasteiger partial charge in [0.15, 0.2) is 0 Å². The molecule has 1 saturated heterocycles. The summed E-state index contributed by atoms with van der Waals surface area (Å²) < 4.78 is 4.72. The van der Waals surface area contributed by atoms with Crippen LogP contribution < -0.4 is 0 Å². The summed E-state index contributed by atoms with van der Waals surface area (Å²) in [5, 5.41) is 2.08. The lowest BCUT2D eigenvalue weighted by Crippen LogP contribution is -2.30. The average molecular weight is 267 g/mol. The summed E-state index contributed by atoms with van der Waals surface area (Å²) in [6, 6.07) is 1.98. The Kier molecular flexibility index (Phi) is 4.78. The predicted octanol–water partition coefficient (Wildman–Crippen LogP) is 2.81. The lowest BCUT2D eigenvalue weighted by Gasteiger charge is -2.28. The first-order valence-corrected chi connectivity index (χ1v) is 7.41. The van der Waals surface area contributed by atoms with Crippen molar-refractivity contribution in [2.24, 2.45) is 5.92 Å². The van der Waals surface area contributed by atoms with Crippen molar-refractivity contribution in [1.82, 2.24) is 4.90 Å². The molecule has 100 valence electrons. The minimum absolute atomic E-state index is 0.217. The zero-order chi connectivity index (χ0) is 13.0. The van der Waals surface area contributed by atoms with E-state index >= 15 is 0 Å². The first-order chi connectivity index (χ1) is 8.69. The van der Waals surface area contributed by atoms with Crippen molar-refractivity contribution < 1.29 is 9.53 Å². The van der Waals surface area contributed by atoms with Crippen LogP contribution in [0.15, 0.2) is 11.4 Å². The highest BCUT2D eigenvalue weighted by atomic mass is 32.1. The Bertz CT molecular complexity index is 394. The van der Waals surface area contributed by atoms with E-state index in [1.54, 1.807) is 0 Å². The maximum atomic E-state index is 11.4. The molecule has 0 unspecified atom stereocenters. The topological polar surface area (TPSA) is 29.5 Å². The number of esters is 1. The van der Waals surface area contributed by atoms with Crippen LogP contribution in [0, 0.1) is 5.92 Å². The van der Waals surface area contributed by atoms with Gasteiger partial charge in [-0.25, -0.2) is 4.79 Å². The zero-order valence-electron chi connectivity index (χ0n) is 11.1. The van der Waals surface area contributed by atoms with E-state index < -0.39 is 0 Å². The van der Waals surface area contributed by atoms with Gasteiger partial charge in [-0.3, -0.25) is 0 Å². The summed E-state index contributed by atoms with van der Waals surface area (Å²) in [4.78, 5) is 14.5. The van der Waals surface area contributed by atoms with Crippen molar-refractivity contribution in [3.63, 3.8) is 0 Å². The number of carbonyl (C=O) groups is 1. The number of piperidine rings is 1. The Labute approximate surface area is 113 Å². The van der Waals surface area contributed by atoms with E-state index in [4.69, 9.17) is 4.74 Å². The van der Waals surface area contributed by atoms with Gasteiger partial charge in [0.05, 0.1) is 7.11 Å². The molecule has 0 aliphatic carbocycles. The number of methoxy groups -OCH3 is 1. The number of carbonyl (C=O) groups excluding carboxylic acids is 1. The average Bonchev–Trinajstić information content (AvgIpc) is 2.86. The fourth-order valence-electron chi connectivity index (χ4n) is 2.44. The molecule has 0 atom stereocenters. The van der Waals surface area contributed by atoms with Crippen molar-refractivity contribution in [2.45, 2.75) is 25.7 Å². The molecule has 1 aromatic heterocycles. The van der Waals surface area contributed by atoms with Crippen molar-refractivity contribution in [3.05, 3.63) is 21.9 Å². The number of likely N-dealkylation sites (tertiary alicyclic amines) is 1. The molecule has 18 heavy (non-hydrogen) atoms. The summed E-state index contributed by atoms with van der Waals surface area (Å²) in [5.74, 6) is 0.633. The predicted molar refractivity (Wildman–Crippen MR) is 74.2 cm³/mol. The fraction of sp³-hybridized carbons (Fsp3) is 0.643. The Morgan fingerprint density at radius 1 is 1.50 bits per heavy atom. The lowest BCUT2D eigenvalue weighted by atomic mass is 9.91. The van der Waals surface area contributed by atoms with Gasteiger partial charge in [-0.15, -0.1) is 11.3 Å². The molecular weight excluding hydrogens is 246 g/mol. The molecule has 0 saturated carbocycles. The normalized spacial score (nSPS) is 17.9. The van der Waals surface area contributed by atoms with E-state index in [2.05, 4.69) is 17.3 Å². The summed E-state index contributed by atoms with van der Waals surface area (Å²) in [6.07, 6.45) is 4.95. The van der Waals surface area contributed by atoms with Crippen molar-refractivity contribution in [1.29, 1.82) is 0 Å². The summed E-state index contributed by atoms with van der Waals surface area (Å²) in [6.45, 7) is 2.45. The molecule has 0 bridgehead atoms. The number of thiophene rings is 1. The second kappa shape index (κ2) is 6.34. The van der Waals surface area contributed by atoms with Crippen LogP contribution in [-0.4, -0.2) is 38.1 Å². The zero-order valence-corrected chi connectivity index (χ0v) is 12.0. The number of nitrogens with zero attached hydrogens (tertiary/aromatic N) is 1. The minimum atomic E-state index is -0.217. The number of rotatable bonds is 4. The smallest absolute Gasteiger partial charge is 0.348 e. The lowest BCUT2D eigenvalue weighted by molar-refractivity contribution is 0.0606. The van der Waals surface area contributed by atoms with Gasteiger partial charge in [-0.2, -0.15) is 0 Å². The SMILES string of the molecule is COC(=O)c1cc(CCC2CCN(C)CC2)cs1. The maximum Gasteiger partial charge on any atom is 0.348 e. The van der Waals surface area contributed by atoms with E-state index in [1.807, 2.05) is 6.07 Å². The van der Waals surface area contributed by atoms with Crippen LogP contribution in [-0.2, 0) is 11.2 Å². The van der Waals surface area contributed by atoms with Gasteiger partial charge in [0.1, 0.15) is 4.88 Å². The number of hydrogen-bond acceptors (Lipinski definition) is 4. The fourth-order valence-corrected chi connectivity index (χ4v) is 3.30. The molecule has 3 nitrogen and oxygen atoms in total. The summed E-state index contributed by atoms with van der Waals surface area (Å²) in [7, 11) is 3.62. The minimum Gasteiger partial charge on any atom is -0.465 e. The Hall–Kier alpha value is -0.870. The molecule has 1 aromatic rings. The monoisotopic (exact) mass is 267 g/mol. The van der Waals surface area contributed by atoms with E-state index in [0.717, 1.165) is 17.2 Å². The largest absolute Gasteiger partial charge is 0.465 e. The molecule has 2 heterocycles. The van der Waals surface area contributed by atoms with Crippen LogP contribution in [0.25, 0.3) is 0 Å². The highest BCUT2D eigenvalue weighted by molar-refractivity contribution is 7.12. The Balaban J connectivity index is 1.79. The molecular formula is C14H21NO2S. The van der Waals surface area contributed by atoms with Gasteiger partial charge in [-0.1, -0.05) is 0 Å². The van der Waals surface area contributed by atoms with Crippen LogP contribution in [0.1, 0.15) is 34.5 Å². The third-order valence-electron chi connectivity index (χ3n) is 3.72. The molecule has 0 aromatic carbocycles. The second-order valence-corrected chi connectivity index (χ2v) is 6.01. The van der Waals surface area contributed by atoms with Gasteiger partial charge >= 0.3 is 5.97 Å². The van der Waals surface area contributed by atoms with Gasteiger partial charge in [-0.05, 0) is 68.7 Å². The van der Waals surface area contributed by atoms with Gasteiger partial charge in [0, 0.05) is 0 Å². The van der Waals surface area contributed by atoms with Crippen molar-refractivity contribution in [3.8, 4) is 0 Å². The van der Waals surface area contributed by atoms with Crippen LogP contribution in [0.3, 0.4) is 0 Å². The van der Waals surface area contributed by atoms with Crippen LogP contribution >= 0.6 is 11.3 Å². The number of hydrogen-bond donors (Lipinski definition) is 0. The van der Waals surface area contributed by atoms with Crippen molar-refractivity contribution >= 4 is 17.3 Å². The maximum absolute atomic E-state index is 11.4. The number of aryl methyl sites for hydroxylation is 1. The molecule has 0 N–H and O–H groups in total. The molecule has 1 fully saturated rings. The first-order valence-electron chi connectivity index (χ1n) is 6.53. The van der Waals surface area contributed by atoms with Gasteiger partial charge in [0.25, 0.3) is 0 Å². The van der Waals surface area contributed by atoms with Crippen LogP contribution in [0.5, 0.6) is 0 Å². The highest BCUT2D eigenvalue weighted by Gasteiger charge is 2.17. The van der Waals surface area contributed by atoms with Crippen molar-refractivity contribution in [2.75, 3.05) is 27.2 Å². The van der Waals surface area contributed by atoms with Gasteiger partial charge in [0.2, 0.25) is 0 Å². The van der Waals surface area contributed by atoms with E-state index in [1.165, 1.54) is 56.4 Å². The van der Waals surface area contributed by atoms with E-state index in [-0.39, 0.29) is 5.97 Å². The third-order valence-corrected chi connectivity index (χ3v) is 4.68. The van der Waals surface area contributed by atoms with Crippen LogP contribution in [0.2, 0.25) is 0 Å². The quantitative estimate of drug-likeness (QED) is 0.786. The van der Waals surface area contributed by atoms with E-state index in [0.29, 0.717) is 0 Å². The molecule has 4 heteroatoms. The third kappa shape index (κ3) is 3.56. The molecule has 1 aliphatic heterocycles. The standard InChI is InChI=1S/C14H21NO2S/c1-15-7-5-11(6-8-15)3-4-12-9-13(18-10-12)14(16)17-2/h9-11H,3-8H2,1-2H3. The molecule has 1 aliphatic rings. The van der Waals surface area contributed by atoms with Crippen LogP contribution in [0.4, 0.5) is 0 Å². The molecule has 0 radical (unpaired) electrons. The van der Waals surface area contributed by atoms with E-state index in [9.17, 15) is 4.79 Å². The highest BCUT2D eigenvalue weighted by Crippen LogP contribution is 2.23. The summed E-state index contributed by atoms with van der Waals surface area (Å²) >= 11 is 1.49. The first kappa shape index (κ1) is 13.6. The molecule has 0 spiro atoms.